The number of hydrogen-bond acceptors (Lipinski definition) is 4. The van der Waals surface area contributed by atoms with E-state index in [9.17, 15) is 8.42 Å². The van der Waals surface area contributed by atoms with Gasteiger partial charge in [-0.15, -0.1) is 0 Å². The predicted molar refractivity (Wildman–Crippen MR) is 125 cm³/mol. The molecule has 0 atom stereocenters. The fourth-order valence-electron chi connectivity index (χ4n) is 4.33. The molecule has 2 heterocycles. The van der Waals surface area contributed by atoms with Crippen LogP contribution in [0.5, 0.6) is 5.88 Å². The summed E-state index contributed by atoms with van der Waals surface area (Å²) < 4.78 is 32.6. The van der Waals surface area contributed by atoms with Crippen molar-refractivity contribution in [2.45, 2.75) is 90.0 Å². The number of nitrogens with zero attached hydrogens (tertiary/aromatic N) is 2. The molecule has 1 fully saturated rings. The van der Waals surface area contributed by atoms with Gasteiger partial charge in [0.2, 0.25) is 15.9 Å². The zero-order valence-corrected chi connectivity index (χ0v) is 20.4. The van der Waals surface area contributed by atoms with Crippen LogP contribution in [0.2, 0.25) is 0 Å². The van der Waals surface area contributed by atoms with Gasteiger partial charge in [-0.25, -0.2) is 18.5 Å². The van der Waals surface area contributed by atoms with E-state index in [1.165, 1.54) is 32.1 Å². The second-order valence-corrected chi connectivity index (χ2v) is 11.3. The fourth-order valence-corrected chi connectivity index (χ4v) is 5.13. The van der Waals surface area contributed by atoms with E-state index in [-0.39, 0.29) is 10.3 Å². The summed E-state index contributed by atoms with van der Waals surface area (Å²) in [6, 6.07) is 5.70. The van der Waals surface area contributed by atoms with Crippen LogP contribution < -0.4 is 9.88 Å². The maximum atomic E-state index is 12.3. The number of sulfonamides is 1. The minimum absolute atomic E-state index is 0.168. The molecule has 6 nitrogen and oxygen atoms in total. The van der Waals surface area contributed by atoms with Crippen molar-refractivity contribution in [3.63, 3.8) is 0 Å². The molecule has 0 aliphatic heterocycles. The summed E-state index contributed by atoms with van der Waals surface area (Å²) in [6.45, 7) is 11.7. The SMILES string of the molecule is CCCOc1cc(-c2cc(S(N)(=O)=O)c(C)n2CC2CCCCC2)cc(C(C)(C)C)n1. The van der Waals surface area contributed by atoms with Crippen LogP contribution in [0.3, 0.4) is 0 Å². The average molecular weight is 448 g/mol. The molecule has 172 valence electrons. The monoisotopic (exact) mass is 447 g/mol. The Balaban J connectivity index is 2.15. The Morgan fingerprint density at radius 2 is 1.84 bits per heavy atom. The van der Waals surface area contributed by atoms with E-state index < -0.39 is 10.0 Å². The summed E-state index contributed by atoms with van der Waals surface area (Å²) in [5.74, 6) is 1.12. The van der Waals surface area contributed by atoms with E-state index in [4.69, 9.17) is 14.9 Å². The maximum Gasteiger partial charge on any atom is 0.239 e. The van der Waals surface area contributed by atoms with Gasteiger partial charge in [0.15, 0.2) is 0 Å². The molecule has 1 aliphatic rings. The van der Waals surface area contributed by atoms with Crippen molar-refractivity contribution in [1.29, 1.82) is 0 Å². The van der Waals surface area contributed by atoms with Gasteiger partial charge < -0.3 is 9.30 Å². The highest BCUT2D eigenvalue weighted by Crippen LogP contribution is 2.35. The Morgan fingerprint density at radius 3 is 2.42 bits per heavy atom. The molecule has 3 rings (SSSR count). The van der Waals surface area contributed by atoms with Gasteiger partial charge in [-0.05, 0) is 44.2 Å². The Bertz CT molecular complexity index is 1010. The molecular weight excluding hydrogens is 410 g/mol. The number of pyridine rings is 1. The van der Waals surface area contributed by atoms with Crippen molar-refractivity contribution in [2.75, 3.05) is 6.61 Å². The van der Waals surface area contributed by atoms with Crippen LogP contribution in [0, 0.1) is 12.8 Å². The standard InChI is InChI=1S/C24H37N3O3S/c1-6-12-30-23-14-19(13-22(26-23)24(3,4)5)20-15-21(31(25,28)29)17(2)27(20)16-18-10-8-7-9-11-18/h13-15,18H,6-12,16H2,1-5H3,(H2,25,28,29). The zero-order valence-electron chi connectivity index (χ0n) is 19.6. The molecule has 1 saturated carbocycles. The molecule has 0 aromatic carbocycles. The van der Waals surface area contributed by atoms with Gasteiger partial charge in [-0.2, -0.15) is 0 Å². The minimum atomic E-state index is -3.81. The fraction of sp³-hybridized carbons (Fsp3) is 0.625. The highest BCUT2D eigenvalue weighted by Gasteiger charge is 2.25. The van der Waals surface area contributed by atoms with E-state index in [0.29, 0.717) is 24.1 Å². The maximum absolute atomic E-state index is 12.3. The van der Waals surface area contributed by atoms with Crippen molar-refractivity contribution in [3.8, 4) is 17.1 Å². The number of ether oxygens (including phenoxy) is 1. The summed E-state index contributed by atoms with van der Waals surface area (Å²) in [4.78, 5) is 4.91. The van der Waals surface area contributed by atoms with Crippen molar-refractivity contribution < 1.29 is 13.2 Å². The molecule has 2 N–H and O–H groups in total. The molecule has 2 aromatic rings. The van der Waals surface area contributed by atoms with Crippen LogP contribution in [-0.2, 0) is 22.0 Å². The van der Waals surface area contributed by atoms with Gasteiger partial charge >= 0.3 is 0 Å². The third kappa shape index (κ3) is 5.69. The third-order valence-electron chi connectivity index (χ3n) is 6.11. The number of aromatic nitrogens is 2. The van der Waals surface area contributed by atoms with Gasteiger partial charge in [-0.3, -0.25) is 0 Å². The molecular formula is C24H37N3O3S. The molecule has 0 unspecified atom stereocenters. The second-order valence-electron chi connectivity index (χ2n) is 9.82. The lowest BCUT2D eigenvalue weighted by molar-refractivity contribution is 0.302. The Kier molecular flexibility index (Phi) is 7.16. The van der Waals surface area contributed by atoms with Crippen molar-refractivity contribution in [2.24, 2.45) is 11.1 Å². The first-order valence-electron chi connectivity index (χ1n) is 11.4. The van der Waals surface area contributed by atoms with Gasteiger partial charge in [-0.1, -0.05) is 47.0 Å². The summed E-state index contributed by atoms with van der Waals surface area (Å²) >= 11 is 0. The number of primary sulfonamides is 1. The van der Waals surface area contributed by atoms with Crippen molar-refractivity contribution in [3.05, 3.63) is 29.6 Å². The van der Waals surface area contributed by atoms with Crippen LogP contribution in [0.4, 0.5) is 0 Å². The average Bonchev–Trinajstić information content (AvgIpc) is 3.03. The summed E-state index contributed by atoms with van der Waals surface area (Å²) in [7, 11) is -3.81. The molecule has 0 amide bonds. The normalized spacial score (nSPS) is 15.9. The molecule has 0 saturated heterocycles. The molecule has 0 bridgehead atoms. The van der Waals surface area contributed by atoms with Crippen molar-refractivity contribution >= 4 is 10.0 Å². The first-order valence-corrected chi connectivity index (χ1v) is 12.9. The van der Waals surface area contributed by atoms with E-state index in [1.54, 1.807) is 6.07 Å². The Morgan fingerprint density at radius 1 is 1.16 bits per heavy atom. The molecule has 0 radical (unpaired) electrons. The van der Waals surface area contributed by atoms with E-state index >= 15 is 0 Å². The summed E-state index contributed by atoms with van der Waals surface area (Å²) in [5, 5.41) is 5.57. The number of nitrogens with two attached hydrogens (primary N) is 1. The van der Waals surface area contributed by atoms with Crippen LogP contribution in [0.25, 0.3) is 11.3 Å². The first kappa shape index (κ1) is 23.8. The number of hydrogen-bond donors (Lipinski definition) is 1. The molecule has 2 aromatic heterocycles. The summed E-state index contributed by atoms with van der Waals surface area (Å²) in [6.07, 6.45) is 7.01. The van der Waals surface area contributed by atoms with Crippen molar-refractivity contribution in [1.82, 2.24) is 9.55 Å². The third-order valence-corrected chi connectivity index (χ3v) is 7.14. The van der Waals surface area contributed by atoms with Crippen LogP contribution in [0.15, 0.2) is 23.1 Å². The van der Waals surface area contributed by atoms with Gasteiger partial charge in [0.05, 0.1) is 12.3 Å². The lowest BCUT2D eigenvalue weighted by atomic mass is 9.89. The van der Waals surface area contributed by atoms with E-state index in [2.05, 4.69) is 38.3 Å². The predicted octanol–water partition coefficient (Wildman–Crippen LogP) is 5.17. The Labute approximate surface area is 187 Å². The van der Waals surface area contributed by atoms with Gasteiger partial charge in [0.25, 0.3) is 0 Å². The Hall–Kier alpha value is -1.86. The molecule has 31 heavy (non-hydrogen) atoms. The van der Waals surface area contributed by atoms with E-state index in [1.807, 2.05) is 13.0 Å². The first-order chi connectivity index (χ1) is 14.5. The van der Waals surface area contributed by atoms with E-state index in [0.717, 1.165) is 29.9 Å². The minimum Gasteiger partial charge on any atom is -0.478 e. The highest BCUT2D eigenvalue weighted by molar-refractivity contribution is 7.89. The molecule has 7 heteroatoms. The highest BCUT2D eigenvalue weighted by atomic mass is 32.2. The largest absolute Gasteiger partial charge is 0.478 e. The smallest absolute Gasteiger partial charge is 0.239 e. The quantitative estimate of drug-likeness (QED) is 0.634. The second kappa shape index (κ2) is 9.33. The van der Waals surface area contributed by atoms with Gasteiger partial charge in [0, 0.05) is 35.0 Å². The van der Waals surface area contributed by atoms with Crippen LogP contribution >= 0.6 is 0 Å². The zero-order chi connectivity index (χ0) is 22.8. The van der Waals surface area contributed by atoms with Crippen LogP contribution in [-0.4, -0.2) is 24.6 Å². The molecule has 1 aliphatic carbocycles. The number of rotatable bonds is 7. The lowest BCUT2D eigenvalue weighted by Crippen LogP contribution is -2.18. The summed E-state index contributed by atoms with van der Waals surface area (Å²) in [5.41, 5.74) is 3.23. The topological polar surface area (TPSA) is 87.2 Å². The lowest BCUT2D eigenvalue weighted by Gasteiger charge is -2.25. The van der Waals surface area contributed by atoms with Gasteiger partial charge in [0.1, 0.15) is 4.90 Å². The molecule has 0 spiro atoms. The van der Waals surface area contributed by atoms with Crippen LogP contribution in [0.1, 0.15) is 77.6 Å².